The van der Waals surface area contributed by atoms with E-state index in [0.717, 1.165) is 17.0 Å². The number of esters is 1. The fourth-order valence-electron chi connectivity index (χ4n) is 4.07. The van der Waals surface area contributed by atoms with Crippen LogP contribution in [0, 0.1) is 11.6 Å². The van der Waals surface area contributed by atoms with Crippen LogP contribution in [0.5, 0.6) is 5.75 Å². The van der Waals surface area contributed by atoms with E-state index >= 15 is 4.39 Å². The van der Waals surface area contributed by atoms with Gasteiger partial charge in [0.2, 0.25) is 0 Å². The van der Waals surface area contributed by atoms with Gasteiger partial charge in [-0.2, -0.15) is 0 Å². The molecule has 3 aromatic rings. The van der Waals surface area contributed by atoms with Gasteiger partial charge in [0.25, 0.3) is 17.7 Å². The molecule has 0 radical (unpaired) electrons. The van der Waals surface area contributed by atoms with Gasteiger partial charge in [0, 0.05) is 25.5 Å². The number of nitrogens with zero attached hydrogens (tertiary/aromatic N) is 1. The minimum atomic E-state index is -1.69. The van der Waals surface area contributed by atoms with Gasteiger partial charge in [-0.3, -0.25) is 19.3 Å². The molecule has 0 aliphatic rings. The maximum atomic E-state index is 15.1. The molecule has 3 amide bonds. The zero-order valence-corrected chi connectivity index (χ0v) is 23.6. The lowest BCUT2D eigenvalue weighted by atomic mass is 9.94. The number of carbonyl (C=O) groups excluding carboxylic acids is 4. The number of hydrogen-bond acceptors (Lipinski definition) is 6. The van der Waals surface area contributed by atoms with Gasteiger partial charge in [-0.15, -0.1) is 0 Å². The predicted octanol–water partition coefficient (Wildman–Crippen LogP) is 4.29. The van der Waals surface area contributed by atoms with Crippen LogP contribution in [-0.2, 0) is 9.59 Å². The summed E-state index contributed by atoms with van der Waals surface area (Å²) in [5.74, 6) is -4.28. The first-order valence-corrected chi connectivity index (χ1v) is 12.7. The van der Waals surface area contributed by atoms with Gasteiger partial charge in [0.15, 0.2) is 0 Å². The number of halogens is 2. The van der Waals surface area contributed by atoms with E-state index in [1.165, 1.54) is 66.1 Å². The van der Waals surface area contributed by atoms with E-state index in [1.807, 2.05) is 0 Å². The summed E-state index contributed by atoms with van der Waals surface area (Å²) in [5.41, 5.74) is -3.47. The first kappa shape index (κ1) is 30.7. The molecule has 11 heteroatoms. The van der Waals surface area contributed by atoms with Crippen molar-refractivity contribution in [1.29, 1.82) is 0 Å². The summed E-state index contributed by atoms with van der Waals surface area (Å²) in [5, 5.41) is 7.62. The van der Waals surface area contributed by atoms with E-state index in [1.54, 1.807) is 30.3 Å². The van der Waals surface area contributed by atoms with Gasteiger partial charge in [-0.25, -0.2) is 13.6 Å². The number of rotatable bonds is 9. The van der Waals surface area contributed by atoms with E-state index in [2.05, 4.69) is 16.0 Å². The molecule has 0 saturated heterocycles. The van der Waals surface area contributed by atoms with Crippen LogP contribution in [-0.4, -0.2) is 48.9 Å². The lowest BCUT2D eigenvalue weighted by molar-refractivity contribution is -0.141. The Bertz CT molecular complexity index is 1470. The quantitative estimate of drug-likeness (QED) is 0.263. The SMILES string of the molecule is CNC(=O)c1ccc(NC(C)(C)C(=O)N(c2ccc(C(=O)NC)c(F)c2)C(C)(C)C(=O)Oc2ccccc2)cc1F. The van der Waals surface area contributed by atoms with E-state index in [-0.39, 0.29) is 28.3 Å². The average molecular weight is 567 g/mol. The topological polar surface area (TPSA) is 117 Å². The van der Waals surface area contributed by atoms with Crippen LogP contribution >= 0.6 is 0 Å². The summed E-state index contributed by atoms with van der Waals surface area (Å²) in [6.45, 7) is 5.88. The Kier molecular flexibility index (Phi) is 9.11. The minimum Gasteiger partial charge on any atom is -0.425 e. The standard InChI is InChI=1S/C30H32F2N4O5/c1-29(2,35-18-12-14-21(23(31)16-18)25(37)33-5)27(39)36(19-13-15-22(24(32)17-19)26(38)34-6)30(3,4)28(40)41-20-10-8-7-9-11-20/h7-17,35H,1-6H3,(H,33,37)(H,34,38). The van der Waals surface area contributed by atoms with Crippen LogP contribution in [0.15, 0.2) is 66.7 Å². The lowest BCUT2D eigenvalue weighted by Gasteiger charge is -2.41. The Balaban J connectivity index is 2.05. The second kappa shape index (κ2) is 12.2. The van der Waals surface area contributed by atoms with E-state index in [4.69, 9.17) is 4.74 Å². The van der Waals surface area contributed by atoms with E-state index in [0.29, 0.717) is 0 Å². The van der Waals surface area contributed by atoms with Gasteiger partial charge in [0.05, 0.1) is 11.1 Å². The summed E-state index contributed by atoms with van der Waals surface area (Å²) in [6, 6.07) is 15.5. The Morgan fingerprint density at radius 3 is 1.80 bits per heavy atom. The van der Waals surface area contributed by atoms with Crippen molar-refractivity contribution in [3.63, 3.8) is 0 Å². The van der Waals surface area contributed by atoms with Crippen molar-refractivity contribution in [2.24, 2.45) is 0 Å². The van der Waals surface area contributed by atoms with Gasteiger partial charge in [-0.1, -0.05) is 18.2 Å². The fourth-order valence-corrected chi connectivity index (χ4v) is 4.07. The van der Waals surface area contributed by atoms with Crippen LogP contribution < -0.4 is 25.6 Å². The van der Waals surface area contributed by atoms with Crippen molar-refractivity contribution >= 4 is 35.1 Å². The zero-order chi connectivity index (χ0) is 30.5. The Morgan fingerprint density at radius 2 is 1.29 bits per heavy atom. The highest BCUT2D eigenvalue weighted by Gasteiger charge is 2.46. The second-order valence-corrected chi connectivity index (χ2v) is 10.2. The molecular weight excluding hydrogens is 534 g/mol. The molecule has 0 aliphatic heterocycles. The number of anilines is 2. The molecule has 216 valence electrons. The van der Waals surface area contributed by atoms with Crippen molar-refractivity contribution in [3.05, 3.63) is 89.5 Å². The van der Waals surface area contributed by atoms with Crippen molar-refractivity contribution in [1.82, 2.24) is 10.6 Å². The van der Waals surface area contributed by atoms with Crippen LogP contribution in [0.4, 0.5) is 20.2 Å². The smallest absolute Gasteiger partial charge is 0.337 e. The Morgan fingerprint density at radius 1 is 0.756 bits per heavy atom. The highest BCUT2D eigenvalue weighted by molar-refractivity contribution is 6.07. The molecule has 0 aromatic heterocycles. The first-order chi connectivity index (χ1) is 19.2. The molecule has 3 rings (SSSR count). The molecule has 0 spiro atoms. The number of para-hydroxylation sites is 1. The van der Waals surface area contributed by atoms with Crippen molar-refractivity contribution in [2.45, 2.75) is 38.8 Å². The predicted molar refractivity (Wildman–Crippen MR) is 151 cm³/mol. The summed E-state index contributed by atoms with van der Waals surface area (Å²) in [6.07, 6.45) is 0. The van der Waals surface area contributed by atoms with Crippen LogP contribution in [0.3, 0.4) is 0 Å². The monoisotopic (exact) mass is 566 g/mol. The normalized spacial score (nSPS) is 11.3. The number of ether oxygens (including phenoxy) is 1. The molecule has 0 saturated carbocycles. The summed E-state index contributed by atoms with van der Waals surface area (Å²) >= 11 is 0. The van der Waals surface area contributed by atoms with Crippen LogP contribution in [0.1, 0.15) is 48.4 Å². The largest absolute Gasteiger partial charge is 0.425 e. The number of nitrogens with one attached hydrogen (secondary N) is 3. The Hall–Kier alpha value is -4.80. The molecule has 0 heterocycles. The summed E-state index contributed by atoms with van der Waals surface area (Å²) < 4.78 is 35.2. The maximum absolute atomic E-state index is 15.1. The average Bonchev–Trinajstić information content (AvgIpc) is 2.92. The molecule has 0 aliphatic carbocycles. The molecule has 0 atom stereocenters. The second-order valence-electron chi connectivity index (χ2n) is 10.2. The molecule has 3 aromatic carbocycles. The van der Waals surface area contributed by atoms with Gasteiger partial charge < -0.3 is 20.7 Å². The third kappa shape index (κ3) is 6.68. The summed E-state index contributed by atoms with van der Waals surface area (Å²) in [4.78, 5) is 52.6. The molecule has 41 heavy (non-hydrogen) atoms. The van der Waals surface area contributed by atoms with E-state index < -0.39 is 46.4 Å². The van der Waals surface area contributed by atoms with Crippen molar-refractivity contribution in [2.75, 3.05) is 24.3 Å². The molecule has 0 bridgehead atoms. The summed E-state index contributed by atoms with van der Waals surface area (Å²) in [7, 11) is 2.73. The number of benzene rings is 3. The van der Waals surface area contributed by atoms with Gasteiger partial charge in [-0.05, 0) is 76.2 Å². The molecule has 3 N–H and O–H groups in total. The van der Waals surface area contributed by atoms with Crippen molar-refractivity contribution < 1.29 is 32.7 Å². The number of carbonyl (C=O) groups is 4. The third-order valence-corrected chi connectivity index (χ3v) is 6.33. The highest BCUT2D eigenvalue weighted by atomic mass is 19.1. The lowest BCUT2D eigenvalue weighted by Crippen LogP contribution is -2.61. The maximum Gasteiger partial charge on any atom is 0.337 e. The number of amides is 3. The van der Waals surface area contributed by atoms with Crippen molar-refractivity contribution in [3.8, 4) is 5.75 Å². The molecule has 0 unspecified atom stereocenters. The highest BCUT2D eigenvalue weighted by Crippen LogP contribution is 2.32. The molecule has 0 fully saturated rings. The third-order valence-electron chi connectivity index (χ3n) is 6.33. The molecule has 9 nitrogen and oxygen atoms in total. The Labute approximate surface area is 236 Å². The minimum absolute atomic E-state index is 0.0221. The van der Waals surface area contributed by atoms with Gasteiger partial charge in [0.1, 0.15) is 28.5 Å². The fraction of sp³-hybridized carbons (Fsp3) is 0.267. The van der Waals surface area contributed by atoms with Crippen LogP contribution in [0.2, 0.25) is 0 Å². The first-order valence-electron chi connectivity index (χ1n) is 12.7. The van der Waals surface area contributed by atoms with E-state index in [9.17, 15) is 23.6 Å². The number of hydrogen-bond donors (Lipinski definition) is 3. The van der Waals surface area contributed by atoms with Gasteiger partial charge >= 0.3 is 5.97 Å². The molecular formula is C30H32F2N4O5. The zero-order valence-electron chi connectivity index (χ0n) is 23.6. The van der Waals surface area contributed by atoms with Crippen LogP contribution in [0.25, 0.3) is 0 Å².